The molecule has 0 aromatic carbocycles. The van der Waals surface area contributed by atoms with Gasteiger partial charge in [-0.2, -0.15) is 0 Å². The van der Waals surface area contributed by atoms with Crippen LogP contribution in [0.3, 0.4) is 0 Å². The summed E-state index contributed by atoms with van der Waals surface area (Å²) in [6.07, 6.45) is 5.95. The Bertz CT molecular complexity index is 204. The molecule has 0 aromatic rings. The molecule has 2 rings (SSSR count). The van der Waals surface area contributed by atoms with Gasteiger partial charge in [0.2, 0.25) is 0 Å². The van der Waals surface area contributed by atoms with Crippen molar-refractivity contribution in [3.8, 4) is 0 Å². The van der Waals surface area contributed by atoms with Crippen molar-refractivity contribution in [2.24, 2.45) is 5.92 Å². The first-order chi connectivity index (χ1) is 7.81. The van der Waals surface area contributed by atoms with Gasteiger partial charge in [0.05, 0.1) is 6.10 Å². The largest absolute Gasteiger partial charge is 0.391 e. The summed E-state index contributed by atoms with van der Waals surface area (Å²) in [5, 5.41) is 13.4. The van der Waals surface area contributed by atoms with Gasteiger partial charge in [-0.1, -0.05) is 6.92 Å². The molecular formula is C13H26N2O. The predicted molar refractivity (Wildman–Crippen MR) is 66.5 cm³/mol. The highest BCUT2D eigenvalue weighted by molar-refractivity contribution is 4.86. The average Bonchev–Trinajstić information content (AvgIpc) is 2.74. The Hall–Kier alpha value is -0.120. The fourth-order valence-corrected chi connectivity index (χ4v) is 3.24. The highest BCUT2D eigenvalue weighted by Crippen LogP contribution is 2.26. The molecule has 0 radical (unpaired) electrons. The molecule has 1 saturated heterocycles. The Balaban J connectivity index is 1.84. The predicted octanol–water partition coefficient (Wildman–Crippen LogP) is 1.22. The van der Waals surface area contributed by atoms with Gasteiger partial charge in [-0.05, 0) is 57.7 Å². The number of hydrogen-bond donors (Lipinski definition) is 2. The van der Waals surface area contributed by atoms with E-state index in [1.807, 2.05) is 0 Å². The zero-order valence-electron chi connectivity index (χ0n) is 10.5. The standard InChI is InChI=1S/C13H26N2O/c1-2-15(12-4-3-5-13(12)16)10-11-6-8-14-9-7-11/h11-14,16H,2-10H2,1H3. The third-order valence-electron chi connectivity index (χ3n) is 4.27. The van der Waals surface area contributed by atoms with E-state index in [4.69, 9.17) is 0 Å². The van der Waals surface area contributed by atoms with Crippen molar-refractivity contribution in [3.05, 3.63) is 0 Å². The Morgan fingerprint density at radius 1 is 1.19 bits per heavy atom. The normalized spacial score (nSPS) is 32.4. The van der Waals surface area contributed by atoms with Gasteiger partial charge in [-0.3, -0.25) is 4.90 Å². The molecule has 2 fully saturated rings. The number of hydrogen-bond acceptors (Lipinski definition) is 3. The maximum absolute atomic E-state index is 9.97. The zero-order chi connectivity index (χ0) is 11.4. The zero-order valence-corrected chi connectivity index (χ0v) is 10.5. The van der Waals surface area contributed by atoms with E-state index in [9.17, 15) is 5.11 Å². The van der Waals surface area contributed by atoms with Gasteiger partial charge in [0, 0.05) is 12.6 Å². The molecule has 2 N–H and O–H groups in total. The highest BCUT2D eigenvalue weighted by Gasteiger charge is 2.31. The summed E-state index contributed by atoms with van der Waals surface area (Å²) >= 11 is 0. The second kappa shape index (κ2) is 5.99. The monoisotopic (exact) mass is 226 g/mol. The second-order valence-electron chi connectivity index (χ2n) is 5.35. The molecule has 0 amide bonds. The van der Waals surface area contributed by atoms with Crippen LogP contribution in [0.5, 0.6) is 0 Å². The van der Waals surface area contributed by atoms with E-state index in [1.54, 1.807) is 0 Å². The van der Waals surface area contributed by atoms with Crippen LogP contribution < -0.4 is 5.32 Å². The van der Waals surface area contributed by atoms with Crippen LogP contribution in [0.25, 0.3) is 0 Å². The van der Waals surface area contributed by atoms with E-state index in [0.717, 1.165) is 18.9 Å². The van der Waals surface area contributed by atoms with Crippen LogP contribution in [0.15, 0.2) is 0 Å². The topological polar surface area (TPSA) is 35.5 Å². The van der Waals surface area contributed by atoms with E-state index in [1.165, 1.54) is 45.3 Å². The van der Waals surface area contributed by atoms with E-state index < -0.39 is 0 Å². The number of piperidine rings is 1. The van der Waals surface area contributed by atoms with Crippen molar-refractivity contribution >= 4 is 0 Å². The van der Waals surface area contributed by atoms with Gasteiger partial charge in [-0.25, -0.2) is 0 Å². The van der Waals surface area contributed by atoms with Crippen LogP contribution in [0.1, 0.15) is 39.0 Å². The van der Waals surface area contributed by atoms with Crippen molar-refractivity contribution in [3.63, 3.8) is 0 Å². The third-order valence-corrected chi connectivity index (χ3v) is 4.27. The maximum atomic E-state index is 9.97. The molecule has 1 heterocycles. The second-order valence-corrected chi connectivity index (χ2v) is 5.35. The molecular weight excluding hydrogens is 200 g/mol. The van der Waals surface area contributed by atoms with Crippen LogP contribution in [0.2, 0.25) is 0 Å². The van der Waals surface area contributed by atoms with E-state index in [0.29, 0.717) is 6.04 Å². The van der Waals surface area contributed by atoms with Gasteiger partial charge in [0.1, 0.15) is 0 Å². The number of nitrogens with one attached hydrogen (secondary N) is 1. The van der Waals surface area contributed by atoms with Gasteiger partial charge in [0.25, 0.3) is 0 Å². The van der Waals surface area contributed by atoms with E-state index in [2.05, 4.69) is 17.1 Å². The maximum Gasteiger partial charge on any atom is 0.0695 e. The Labute approximate surface area is 99.2 Å². The van der Waals surface area contributed by atoms with Crippen molar-refractivity contribution in [1.29, 1.82) is 0 Å². The molecule has 0 bridgehead atoms. The summed E-state index contributed by atoms with van der Waals surface area (Å²) in [7, 11) is 0. The van der Waals surface area contributed by atoms with Gasteiger partial charge in [0.15, 0.2) is 0 Å². The molecule has 0 aromatic heterocycles. The lowest BCUT2D eigenvalue weighted by Crippen LogP contribution is -2.44. The Kier molecular flexibility index (Phi) is 4.62. The summed E-state index contributed by atoms with van der Waals surface area (Å²) in [5.41, 5.74) is 0. The third kappa shape index (κ3) is 2.96. The van der Waals surface area contributed by atoms with Gasteiger partial charge < -0.3 is 10.4 Å². The van der Waals surface area contributed by atoms with Crippen LogP contribution >= 0.6 is 0 Å². The number of likely N-dealkylation sites (N-methyl/N-ethyl adjacent to an activating group) is 1. The fourth-order valence-electron chi connectivity index (χ4n) is 3.24. The molecule has 3 heteroatoms. The number of rotatable bonds is 4. The molecule has 2 aliphatic rings. The van der Waals surface area contributed by atoms with Gasteiger partial charge >= 0.3 is 0 Å². The minimum atomic E-state index is -0.0679. The SMILES string of the molecule is CCN(CC1CCNCC1)C1CCCC1O. The van der Waals surface area contributed by atoms with Crippen LogP contribution in [-0.4, -0.2) is 48.3 Å². The van der Waals surface area contributed by atoms with Crippen molar-refractivity contribution in [1.82, 2.24) is 10.2 Å². The van der Waals surface area contributed by atoms with E-state index >= 15 is 0 Å². The minimum absolute atomic E-state index is 0.0679. The minimum Gasteiger partial charge on any atom is -0.391 e. The quantitative estimate of drug-likeness (QED) is 0.756. The smallest absolute Gasteiger partial charge is 0.0695 e. The molecule has 3 nitrogen and oxygen atoms in total. The van der Waals surface area contributed by atoms with E-state index in [-0.39, 0.29) is 6.10 Å². The first kappa shape index (κ1) is 12.3. The molecule has 1 aliphatic carbocycles. The first-order valence-electron chi connectivity index (χ1n) is 6.94. The van der Waals surface area contributed by atoms with Crippen LogP contribution in [0.4, 0.5) is 0 Å². The summed E-state index contributed by atoms with van der Waals surface area (Å²) < 4.78 is 0. The molecule has 1 aliphatic heterocycles. The lowest BCUT2D eigenvalue weighted by molar-refractivity contribution is 0.0603. The lowest BCUT2D eigenvalue weighted by Gasteiger charge is -2.34. The summed E-state index contributed by atoms with van der Waals surface area (Å²) in [6.45, 7) is 6.86. The van der Waals surface area contributed by atoms with Crippen molar-refractivity contribution in [2.75, 3.05) is 26.2 Å². The molecule has 94 valence electrons. The molecule has 1 saturated carbocycles. The first-order valence-corrected chi connectivity index (χ1v) is 6.94. The number of aliphatic hydroxyl groups excluding tert-OH is 1. The number of aliphatic hydroxyl groups is 1. The summed E-state index contributed by atoms with van der Waals surface area (Å²) in [5.74, 6) is 0.842. The fraction of sp³-hybridized carbons (Fsp3) is 1.00. The van der Waals surface area contributed by atoms with Crippen molar-refractivity contribution < 1.29 is 5.11 Å². The molecule has 2 unspecified atom stereocenters. The molecule has 0 spiro atoms. The average molecular weight is 226 g/mol. The van der Waals surface area contributed by atoms with Crippen molar-refractivity contribution in [2.45, 2.75) is 51.2 Å². The van der Waals surface area contributed by atoms with Crippen LogP contribution in [-0.2, 0) is 0 Å². The Morgan fingerprint density at radius 2 is 1.94 bits per heavy atom. The summed E-state index contributed by atoms with van der Waals surface area (Å²) in [4.78, 5) is 2.52. The van der Waals surface area contributed by atoms with Crippen LogP contribution in [0, 0.1) is 5.92 Å². The number of nitrogens with zero attached hydrogens (tertiary/aromatic N) is 1. The Morgan fingerprint density at radius 3 is 2.50 bits per heavy atom. The summed E-state index contributed by atoms with van der Waals surface area (Å²) in [6, 6.07) is 0.444. The molecule has 16 heavy (non-hydrogen) atoms. The van der Waals surface area contributed by atoms with Gasteiger partial charge in [-0.15, -0.1) is 0 Å². The molecule has 2 atom stereocenters. The lowest BCUT2D eigenvalue weighted by atomic mass is 9.96. The highest BCUT2D eigenvalue weighted by atomic mass is 16.3.